The van der Waals surface area contributed by atoms with Gasteiger partial charge in [-0.1, -0.05) is 29.8 Å². The predicted molar refractivity (Wildman–Crippen MR) is 148 cm³/mol. The van der Waals surface area contributed by atoms with E-state index in [1.54, 1.807) is 41.7 Å². The van der Waals surface area contributed by atoms with Crippen molar-refractivity contribution in [3.63, 3.8) is 0 Å². The summed E-state index contributed by atoms with van der Waals surface area (Å²) in [4.78, 5) is 27.9. The second-order valence-corrected chi connectivity index (χ2v) is 9.70. The Balaban J connectivity index is 0.000000204. The monoisotopic (exact) mass is 525 g/mol. The average molecular weight is 526 g/mol. The Kier molecular flexibility index (Phi) is 7.06. The molecule has 6 aromatic rings. The Morgan fingerprint density at radius 3 is 2.08 bits per heavy atom. The number of thiazole rings is 1. The molecule has 0 aliphatic heterocycles. The zero-order valence-corrected chi connectivity index (χ0v) is 21.5. The van der Waals surface area contributed by atoms with E-state index in [0.29, 0.717) is 23.5 Å². The van der Waals surface area contributed by atoms with Crippen molar-refractivity contribution in [1.82, 2.24) is 4.98 Å². The predicted octanol–water partition coefficient (Wildman–Crippen LogP) is 6.61. The minimum Gasteiger partial charge on any atom is -0.508 e. The van der Waals surface area contributed by atoms with Crippen LogP contribution >= 0.6 is 11.3 Å². The summed E-state index contributed by atoms with van der Waals surface area (Å²) < 4.78 is 15.9. The number of rotatable bonds is 4. The molecule has 0 saturated carbocycles. The highest BCUT2D eigenvalue weighted by Gasteiger charge is 2.10. The molecule has 0 amide bonds. The number of fused-ring (bicyclic) bond motifs is 2. The van der Waals surface area contributed by atoms with Crippen molar-refractivity contribution in [2.24, 2.45) is 0 Å². The number of ether oxygens (including phenoxy) is 1. The second-order valence-electron chi connectivity index (χ2n) is 8.61. The minimum absolute atomic E-state index is 0.0943. The van der Waals surface area contributed by atoms with E-state index in [4.69, 9.17) is 18.7 Å². The molecule has 0 atom stereocenters. The Labute approximate surface area is 221 Å². The first-order valence-electron chi connectivity index (χ1n) is 11.8. The standard InChI is InChI=1S/C21H17NO3S.C9H6O3/c1-13-3-5-16(6-4-13)21-22-14(2)19(26-21)12-24-17-9-7-15-8-10-20(23)25-18(15)11-17;10-7-3-1-6-2-4-9(11)12-8(6)5-7/h3-11H,12H2,1-2H3;1-5,10H. The molecule has 1 N–H and O–H groups in total. The van der Waals surface area contributed by atoms with Crippen molar-refractivity contribution < 1.29 is 18.7 Å². The van der Waals surface area contributed by atoms with Gasteiger partial charge in [0.2, 0.25) is 0 Å². The number of aromatic hydroxyl groups is 1. The van der Waals surface area contributed by atoms with Crippen LogP contribution in [0.15, 0.2) is 103 Å². The third-order valence-corrected chi connectivity index (χ3v) is 6.94. The van der Waals surface area contributed by atoms with Crippen LogP contribution in [0.2, 0.25) is 0 Å². The van der Waals surface area contributed by atoms with E-state index >= 15 is 0 Å². The largest absolute Gasteiger partial charge is 0.508 e. The molecule has 0 unspecified atom stereocenters. The van der Waals surface area contributed by atoms with Crippen LogP contribution in [-0.4, -0.2) is 10.1 Å². The molecule has 190 valence electrons. The first-order valence-corrected chi connectivity index (χ1v) is 12.6. The first kappa shape index (κ1) is 25.0. The number of hydrogen-bond acceptors (Lipinski definition) is 8. The lowest BCUT2D eigenvalue weighted by molar-refractivity contribution is 0.308. The molecule has 38 heavy (non-hydrogen) atoms. The fourth-order valence-electron chi connectivity index (χ4n) is 3.71. The molecule has 0 fully saturated rings. The maximum atomic E-state index is 11.4. The highest BCUT2D eigenvalue weighted by atomic mass is 32.1. The Hall–Kier alpha value is -4.69. The summed E-state index contributed by atoms with van der Waals surface area (Å²) in [5, 5.41) is 11.7. The smallest absolute Gasteiger partial charge is 0.336 e. The van der Waals surface area contributed by atoms with Crippen molar-refractivity contribution in [2.45, 2.75) is 20.5 Å². The highest BCUT2D eigenvalue weighted by Crippen LogP contribution is 2.29. The van der Waals surface area contributed by atoms with Crippen LogP contribution in [0, 0.1) is 13.8 Å². The zero-order valence-electron chi connectivity index (χ0n) is 20.6. The number of benzene rings is 3. The van der Waals surface area contributed by atoms with Gasteiger partial charge < -0.3 is 18.7 Å². The molecule has 0 bridgehead atoms. The fraction of sp³-hybridized carbons (Fsp3) is 0.100. The fourth-order valence-corrected chi connectivity index (χ4v) is 4.69. The maximum absolute atomic E-state index is 11.4. The van der Waals surface area contributed by atoms with Gasteiger partial charge in [0.1, 0.15) is 34.3 Å². The van der Waals surface area contributed by atoms with E-state index < -0.39 is 5.63 Å². The molecular weight excluding hydrogens is 502 g/mol. The summed E-state index contributed by atoms with van der Waals surface area (Å²) in [5.74, 6) is 0.758. The Morgan fingerprint density at radius 2 is 1.39 bits per heavy atom. The van der Waals surface area contributed by atoms with Crippen molar-refractivity contribution in [1.29, 1.82) is 0 Å². The number of phenolic OH excluding ortho intramolecular Hbond substituents is 1. The van der Waals surface area contributed by atoms with Crippen LogP contribution in [-0.2, 0) is 6.61 Å². The van der Waals surface area contributed by atoms with Crippen LogP contribution in [0.25, 0.3) is 32.5 Å². The lowest BCUT2D eigenvalue weighted by atomic mass is 10.2. The van der Waals surface area contributed by atoms with Crippen LogP contribution in [0.1, 0.15) is 16.1 Å². The SMILES string of the molecule is Cc1ccc(-c2nc(C)c(COc3ccc4ccc(=O)oc4c3)s2)cc1.O=c1ccc2ccc(O)cc2o1. The second kappa shape index (κ2) is 10.7. The van der Waals surface area contributed by atoms with Crippen molar-refractivity contribution in [2.75, 3.05) is 0 Å². The zero-order chi connectivity index (χ0) is 26.6. The lowest BCUT2D eigenvalue weighted by Crippen LogP contribution is -1.97. The van der Waals surface area contributed by atoms with Gasteiger partial charge in [-0.25, -0.2) is 14.6 Å². The van der Waals surface area contributed by atoms with Gasteiger partial charge in [0.25, 0.3) is 0 Å². The minimum atomic E-state index is -0.409. The van der Waals surface area contributed by atoms with Crippen LogP contribution in [0.4, 0.5) is 0 Å². The molecule has 0 saturated heterocycles. The number of aromatic nitrogens is 1. The van der Waals surface area contributed by atoms with E-state index in [-0.39, 0.29) is 11.4 Å². The van der Waals surface area contributed by atoms with Gasteiger partial charge in [-0.05, 0) is 50.2 Å². The third kappa shape index (κ3) is 5.82. The summed E-state index contributed by atoms with van der Waals surface area (Å²) in [6.07, 6.45) is 0. The van der Waals surface area contributed by atoms with Crippen LogP contribution in [0.5, 0.6) is 11.5 Å². The van der Waals surface area contributed by atoms with Gasteiger partial charge in [-0.3, -0.25) is 0 Å². The molecule has 8 heteroatoms. The Morgan fingerprint density at radius 1 is 0.789 bits per heavy atom. The Bertz CT molecular complexity index is 1850. The molecule has 0 aliphatic carbocycles. The van der Waals surface area contributed by atoms with E-state index in [1.807, 2.05) is 19.1 Å². The third-order valence-electron chi connectivity index (χ3n) is 5.76. The van der Waals surface area contributed by atoms with E-state index in [1.165, 1.54) is 23.8 Å². The van der Waals surface area contributed by atoms with Gasteiger partial charge in [-0.15, -0.1) is 11.3 Å². The normalized spacial score (nSPS) is 10.8. The molecular formula is C30H23NO6S. The van der Waals surface area contributed by atoms with E-state index in [0.717, 1.165) is 31.9 Å². The summed E-state index contributed by atoms with van der Waals surface area (Å²) in [5.41, 5.74) is 3.47. The van der Waals surface area contributed by atoms with Gasteiger partial charge in [0, 0.05) is 40.6 Å². The van der Waals surface area contributed by atoms with Crippen LogP contribution in [0.3, 0.4) is 0 Å². The van der Waals surface area contributed by atoms with Crippen LogP contribution < -0.4 is 16.0 Å². The van der Waals surface area contributed by atoms with Crippen molar-refractivity contribution >= 4 is 33.3 Å². The summed E-state index contributed by atoms with van der Waals surface area (Å²) >= 11 is 1.63. The van der Waals surface area contributed by atoms with Gasteiger partial charge in [-0.2, -0.15) is 0 Å². The van der Waals surface area contributed by atoms with E-state index in [9.17, 15) is 9.59 Å². The topological polar surface area (TPSA) is 103 Å². The lowest BCUT2D eigenvalue weighted by Gasteiger charge is -2.05. The van der Waals surface area contributed by atoms with Crippen molar-refractivity contribution in [3.8, 4) is 22.1 Å². The maximum Gasteiger partial charge on any atom is 0.336 e. The number of aryl methyl sites for hydroxylation is 2. The average Bonchev–Trinajstić information content (AvgIpc) is 3.28. The van der Waals surface area contributed by atoms with Gasteiger partial charge >= 0.3 is 11.3 Å². The summed E-state index contributed by atoms with van der Waals surface area (Å²) in [7, 11) is 0. The summed E-state index contributed by atoms with van der Waals surface area (Å²) in [6, 6.07) is 24.6. The van der Waals surface area contributed by atoms with Gasteiger partial charge in [0.05, 0.1) is 10.6 Å². The molecule has 7 nitrogen and oxygen atoms in total. The summed E-state index contributed by atoms with van der Waals surface area (Å²) in [6.45, 7) is 4.49. The van der Waals surface area contributed by atoms with Gasteiger partial charge in [0.15, 0.2) is 0 Å². The molecule has 3 aromatic carbocycles. The highest BCUT2D eigenvalue weighted by molar-refractivity contribution is 7.15. The van der Waals surface area contributed by atoms with Crippen molar-refractivity contribution in [3.05, 3.63) is 122 Å². The molecule has 3 aromatic heterocycles. The molecule has 6 rings (SSSR count). The molecule has 0 radical (unpaired) electrons. The number of nitrogens with zero attached hydrogens (tertiary/aromatic N) is 1. The van der Waals surface area contributed by atoms with E-state index in [2.05, 4.69) is 36.2 Å². The first-order chi connectivity index (χ1) is 18.3. The number of hydrogen-bond donors (Lipinski definition) is 1. The molecule has 0 spiro atoms. The quantitative estimate of drug-likeness (QED) is 0.258. The molecule has 0 aliphatic rings. The molecule has 3 heterocycles. The number of phenols is 1.